The van der Waals surface area contributed by atoms with Crippen LogP contribution < -0.4 is 4.43 Å². The van der Waals surface area contributed by atoms with E-state index in [-0.39, 0.29) is 34.3 Å². The molecule has 1 N–H and O–H groups in total. The van der Waals surface area contributed by atoms with Gasteiger partial charge in [-0.15, -0.1) is 0 Å². The molecule has 3 heterocycles. The van der Waals surface area contributed by atoms with E-state index >= 15 is 4.39 Å². The summed E-state index contributed by atoms with van der Waals surface area (Å²) in [6.45, 7) is 10.4. The van der Waals surface area contributed by atoms with Crippen molar-refractivity contribution in [1.29, 1.82) is 0 Å². The van der Waals surface area contributed by atoms with Crippen molar-refractivity contribution in [2.24, 2.45) is 0 Å². The van der Waals surface area contributed by atoms with Crippen LogP contribution in [0, 0.1) is 11.6 Å². The molecule has 39 heavy (non-hydrogen) atoms. The Labute approximate surface area is 230 Å². The molecule has 202 valence electrons. The van der Waals surface area contributed by atoms with Gasteiger partial charge in [0.05, 0.1) is 18.4 Å². The Morgan fingerprint density at radius 3 is 2.49 bits per heavy atom. The Balaban J connectivity index is 1.65. The maximum atomic E-state index is 15.9. The van der Waals surface area contributed by atoms with Crippen molar-refractivity contribution in [2.45, 2.75) is 55.2 Å². The second-order valence-corrected chi connectivity index (χ2v) is 16.5. The van der Waals surface area contributed by atoms with Gasteiger partial charge in [-0.05, 0) is 54.5 Å². The molecule has 0 amide bonds. The zero-order chi connectivity index (χ0) is 27.9. The van der Waals surface area contributed by atoms with Crippen LogP contribution in [-0.2, 0) is 6.42 Å². The predicted octanol–water partition coefficient (Wildman–Crippen LogP) is 8.10. The molecule has 0 aliphatic heterocycles. The van der Waals surface area contributed by atoms with Crippen LogP contribution >= 0.6 is 11.8 Å². The summed E-state index contributed by atoms with van der Waals surface area (Å²) in [5.41, 5.74) is 1.12. The van der Waals surface area contributed by atoms with Gasteiger partial charge >= 0.3 is 0 Å². The quantitative estimate of drug-likeness (QED) is 0.201. The van der Waals surface area contributed by atoms with Crippen molar-refractivity contribution in [3.05, 3.63) is 90.1 Å². The number of halogens is 2. The third-order valence-electron chi connectivity index (χ3n) is 7.00. The highest BCUT2D eigenvalue weighted by Gasteiger charge is 2.39. The van der Waals surface area contributed by atoms with Gasteiger partial charge in [-0.2, -0.15) is 0 Å². The Hall–Kier alpha value is -3.63. The second kappa shape index (κ2) is 10.2. The van der Waals surface area contributed by atoms with Crippen molar-refractivity contribution in [3.8, 4) is 22.9 Å². The maximum absolute atomic E-state index is 15.9. The number of hydrogen-bond acceptors (Lipinski definition) is 6. The molecule has 0 unspecified atom stereocenters. The van der Waals surface area contributed by atoms with E-state index in [0.717, 1.165) is 11.8 Å². The number of aromatic hydroxyl groups is 1. The van der Waals surface area contributed by atoms with Gasteiger partial charge in [0.15, 0.2) is 11.5 Å². The molecular weight excluding hydrogens is 536 g/mol. The Morgan fingerprint density at radius 1 is 1.03 bits per heavy atom. The van der Waals surface area contributed by atoms with Crippen molar-refractivity contribution in [2.75, 3.05) is 0 Å². The predicted molar refractivity (Wildman–Crippen MR) is 150 cm³/mol. The van der Waals surface area contributed by atoms with Crippen molar-refractivity contribution in [1.82, 2.24) is 14.4 Å². The van der Waals surface area contributed by atoms with Crippen LogP contribution in [0.5, 0.6) is 11.6 Å². The van der Waals surface area contributed by atoms with Gasteiger partial charge in [-0.3, -0.25) is 4.40 Å². The first-order chi connectivity index (χ1) is 18.4. The van der Waals surface area contributed by atoms with Gasteiger partial charge in [0, 0.05) is 16.7 Å². The first kappa shape index (κ1) is 27.0. The summed E-state index contributed by atoms with van der Waals surface area (Å²) < 4.78 is 43.7. The van der Waals surface area contributed by atoms with Crippen LogP contribution in [-0.4, -0.2) is 27.8 Å². The van der Waals surface area contributed by atoms with Crippen LogP contribution in [0.15, 0.2) is 81.4 Å². The zero-order valence-corrected chi connectivity index (χ0v) is 24.1. The zero-order valence-electron chi connectivity index (χ0n) is 22.3. The molecule has 0 saturated carbocycles. The fourth-order valence-corrected chi connectivity index (χ4v) is 5.71. The summed E-state index contributed by atoms with van der Waals surface area (Å²) in [5, 5.41) is 11.3. The van der Waals surface area contributed by atoms with Crippen molar-refractivity contribution < 1.29 is 22.7 Å². The molecule has 6 nitrogen and oxygen atoms in total. The number of rotatable bonds is 7. The number of furan rings is 1. The topological polar surface area (TPSA) is 72.8 Å². The smallest absolute Gasteiger partial charge is 0.250 e. The number of nitrogens with zero attached hydrogens (tertiary/aromatic N) is 3. The molecule has 5 aromatic rings. The summed E-state index contributed by atoms with van der Waals surface area (Å²) in [7, 11) is -2.32. The first-order valence-corrected chi connectivity index (χ1v) is 16.2. The highest BCUT2D eigenvalue weighted by molar-refractivity contribution is 7.99. The molecule has 0 atom stereocenters. The van der Waals surface area contributed by atoms with E-state index in [1.807, 2.05) is 0 Å². The number of benzene rings is 2. The van der Waals surface area contributed by atoms with Crippen molar-refractivity contribution in [3.63, 3.8) is 0 Å². The number of hydrogen-bond donors (Lipinski definition) is 1. The van der Waals surface area contributed by atoms with E-state index < -0.39 is 20.0 Å². The Kier molecular flexibility index (Phi) is 7.02. The molecule has 3 aromatic heterocycles. The largest absolute Gasteiger partial charge is 0.542 e. The molecule has 2 aromatic carbocycles. The minimum Gasteiger partial charge on any atom is -0.542 e. The summed E-state index contributed by atoms with van der Waals surface area (Å²) in [6, 6.07) is 14.8. The molecule has 0 saturated heterocycles. The van der Waals surface area contributed by atoms with Crippen LogP contribution in [0.1, 0.15) is 32.2 Å². The van der Waals surface area contributed by atoms with E-state index in [1.54, 1.807) is 54.8 Å². The molecule has 5 rings (SSSR count). The minimum atomic E-state index is -2.32. The molecule has 0 spiro atoms. The van der Waals surface area contributed by atoms with E-state index in [1.165, 1.54) is 16.7 Å². The molecule has 0 aliphatic carbocycles. The molecule has 0 radical (unpaired) electrons. The van der Waals surface area contributed by atoms with Gasteiger partial charge in [0.2, 0.25) is 5.88 Å². The molecule has 0 aliphatic rings. The van der Waals surface area contributed by atoms with Crippen LogP contribution in [0.3, 0.4) is 0 Å². The van der Waals surface area contributed by atoms with E-state index in [2.05, 4.69) is 38.8 Å². The third-order valence-corrected chi connectivity index (χ3v) is 12.4. The van der Waals surface area contributed by atoms with E-state index in [9.17, 15) is 9.50 Å². The lowest BCUT2D eigenvalue weighted by molar-refractivity contribution is 0.438. The van der Waals surface area contributed by atoms with E-state index in [0.29, 0.717) is 27.0 Å². The Bertz CT molecular complexity index is 1650. The highest BCUT2D eigenvalue weighted by Crippen LogP contribution is 2.40. The summed E-state index contributed by atoms with van der Waals surface area (Å²) >= 11 is 1.06. The van der Waals surface area contributed by atoms with Crippen LogP contribution in [0.25, 0.3) is 16.9 Å². The molecular formula is C29H29F2N3O3SSi. The number of imidazole rings is 1. The minimum absolute atomic E-state index is 0.122. The van der Waals surface area contributed by atoms with Gasteiger partial charge in [-0.25, -0.2) is 18.7 Å². The van der Waals surface area contributed by atoms with Crippen molar-refractivity contribution >= 4 is 25.7 Å². The highest BCUT2D eigenvalue weighted by atomic mass is 32.2. The number of fused-ring (bicyclic) bond motifs is 1. The van der Waals surface area contributed by atoms with Crippen LogP contribution in [0.2, 0.25) is 18.1 Å². The standard InChI is InChI=1S/C29H29F2N3O3SSi/c1-29(2,3)39(4,5)37-23-13-8-11-19(25(23)31)22-17-34-26(27(33-22)38-24-14-7-6-12-20(24)30)32-21(28(34)35)16-18-10-9-15-36-18/h6-15,17,35H,16H2,1-5H3. The second-order valence-electron chi connectivity index (χ2n) is 10.8. The summed E-state index contributed by atoms with van der Waals surface area (Å²) in [4.78, 5) is 9.63. The lowest BCUT2D eigenvalue weighted by atomic mass is 10.1. The SMILES string of the molecule is CC(C)(C)[Si](C)(C)Oc1cccc(-c2cn3c(O)c(Cc4ccco4)nc3c(Sc3ccccc3F)n2)c1F. The average Bonchev–Trinajstić information content (AvgIpc) is 3.49. The van der Waals surface area contributed by atoms with E-state index in [4.69, 9.17) is 13.8 Å². The maximum Gasteiger partial charge on any atom is 0.250 e. The first-order valence-electron chi connectivity index (χ1n) is 12.5. The number of aromatic nitrogens is 3. The van der Waals surface area contributed by atoms with Gasteiger partial charge in [0.1, 0.15) is 28.0 Å². The Morgan fingerprint density at radius 2 is 1.79 bits per heavy atom. The van der Waals surface area contributed by atoms with Gasteiger partial charge in [-0.1, -0.05) is 50.7 Å². The molecule has 10 heteroatoms. The summed E-state index contributed by atoms with van der Waals surface area (Å²) in [5.74, 6) is -0.333. The fourth-order valence-electron chi connectivity index (χ4n) is 3.80. The van der Waals surface area contributed by atoms with Crippen LogP contribution in [0.4, 0.5) is 8.78 Å². The lowest BCUT2D eigenvalue weighted by Gasteiger charge is -2.36. The fraction of sp³-hybridized carbons (Fsp3) is 0.241. The third kappa shape index (κ3) is 5.31. The summed E-state index contributed by atoms with van der Waals surface area (Å²) in [6.07, 6.45) is 3.32. The van der Waals surface area contributed by atoms with Gasteiger partial charge < -0.3 is 13.9 Å². The molecule has 0 fully saturated rings. The molecule has 0 bridgehead atoms. The van der Waals surface area contributed by atoms with Gasteiger partial charge in [0.25, 0.3) is 8.32 Å². The lowest BCUT2D eigenvalue weighted by Crippen LogP contribution is -2.44. The normalized spacial score (nSPS) is 12.3. The average molecular weight is 566 g/mol. The monoisotopic (exact) mass is 565 g/mol.